The van der Waals surface area contributed by atoms with Gasteiger partial charge in [0.15, 0.2) is 11.5 Å². The molecule has 2 atom stereocenters. The van der Waals surface area contributed by atoms with Gasteiger partial charge in [0.2, 0.25) is 5.91 Å². The number of phenols is 2. The van der Waals surface area contributed by atoms with E-state index in [9.17, 15) is 19.8 Å². The normalized spacial score (nSPS) is 13.4. The fourth-order valence-corrected chi connectivity index (χ4v) is 1.87. The number of phenolic OH excluding ortho intramolecular Hbond substituents is 2. The highest BCUT2D eigenvalue weighted by molar-refractivity contribution is 5.86. The minimum Gasteiger partial charge on any atom is -0.504 e. The van der Waals surface area contributed by atoms with Crippen molar-refractivity contribution >= 4 is 11.9 Å². The lowest BCUT2D eigenvalue weighted by molar-refractivity contribution is -0.142. The number of hydrogen-bond donors (Lipinski definition) is 5. The molecule has 1 amide bonds. The molecule has 0 aromatic heterocycles. The van der Waals surface area contributed by atoms with Crippen LogP contribution in [0.25, 0.3) is 0 Å². The Bertz CT molecular complexity index is 518. The molecule has 116 valence electrons. The summed E-state index contributed by atoms with van der Waals surface area (Å²) in [4.78, 5) is 22.8. The lowest BCUT2D eigenvalue weighted by Crippen LogP contribution is -2.49. The predicted octanol–water partition coefficient (Wildman–Crippen LogP) is 0.337. The molecular formula is C14H20N2O5. The molecule has 0 aliphatic heterocycles. The van der Waals surface area contributed by atoms with E-state index in [0.717, 1.165) is 0 Å². The summed E-state index contributed by atoms with van der Waals surface area (Å²) in [5.74, 6) is -2.22. The average Bonchev–Trinajstić information content (AvgIpc) is 2.42. The van der Waals surface area contributed by atoms with Gasteiger partial charge in [-0.25, -0.2) is 4.79 Å². The van der Waals surface area contributed by atoms with Crippen molar-refractivity contribution in [3.05, 3.63) is 23.8 Å². The number of benzene rings is 1. The first-order chi connectivity index (χ1) is 9.85. The predicted molar refractivity (Wildman–Crippen MR) is 75.9 cm³/mol. The quantitative estimate of drug-likeness (QED) is 0.461. The summed E-state index contributed by atoms with van der Waals surface area (Å²) in [5, 5.41) is 29.9. The first-order valence-electron chi connectivity index (χ1n) is 6.64. The third kappa shape index (κ3) is 4.96. The van der Waals surface area contributed by atoms with Crippen molar-refractivity contribution in [1.29, 1.82) is 0 Å². The SMILES string of the molecule is CCCC(NC(=O)[C@@H](N)Cc1ccc(O)c(O)c1)C(=O)O. The largest absolute Gasteiger partial charge is 0.504 e. The highest BCUT2D eigenvalue weighted by Crippen LogP contribution is 2.25. The van der Waals surface area contributed by atoms with E-state index >= 15 is 0 Å². The standard InChI is InChI=1S/C14H20N2O5/c1-2-3-10(14(20)21)16-13(19)9(15)6-8-4-5-11(17)12(18)7-8/h4-5,7,9-10,17-18H,2-3,6,15H2,1H3,(H,16,19)(H,20,21)/t9-,10?/m0/s1. The number of nitrogens with two attached hydrogens (primary N) is 1. The highest BCUT2D eigenvalue weighted by Gasteiger charge is 2.22. The molecule has 7 heteroatoms. The Balaban J connectivity index is 2.65. The van der Waals surface area contributed by atoms with E-state index in [0.29, 0.717) is 18.4 Å². The molecule has 0 saturated heterocycles. The Morgan fingerprint density at radius 2 is 1.95 bits per heavy atom. The van der Waals surface area contributed by atoms with Gasteiger partial charge in [-0.2, -0.15) is 0 Å². The number of amides is 1. The van der Waals surface area contributed by atoms with E-state index in [1.165, 1.54) is 18.2 Å². The number of carboxylic acids is 1. The van der Waals surface area contributed by atoms with E-state index < -0.39 is 24.0 Å². The summed E-state index contributed by atoms with van der Waals surface area (Å²) in [6.07, 6.45) is 1.07. The first kappa shape index (κ1) is 16.8. The van der Waals surface area contributed by atoms with Crippen molar-refractivity contribution in [3.63, 3.8) is 0 Å². The van der Waals surface area contributed by atoms with Crippen molar-refractivity contribution < 1.29 is 24.9 Å². The van der Waals surface area contributed by atoms with Crippen molar-refractivity contribution in [2.24, 2.45) is 5.73 Å². The first-order valence-corrected chi connectivity index (χ1v) is 6.64. The van der Waals surface area contributed by atoms with Crippen molar-refractivity contribution in [2.45, 2.75) is 38.3 Å². The number of nitrogens with one attached hydrogen (secondary N) is 1. The topological polar surface area (TPSA) is 133 Å². The average molecular weight is 296 g/mol. The lowest BCUT2D eigenvalue weighted by atomic mass is 10.0. The number of rotatable bonds is 7. The van der Waals surface area contributed by atoms with Crippen LogP contribution in [0.4, 0.5) is 0 Å². The number of carboxylic acid groups (broad SMARTS) is 1. The van der Waals surface area contributed by atoms with Gasteiger partial charge in [0, 0.05) is 0 Å². The molecule has 7 nitrogen and oxygen atoms in total. The van der Waals surface area contributed by atoms with Crippen LogP contribution in [0.5, 0.6) is 11.5 Å². The molecule has 6 N–H and O–H groups in total. The van der Waals surface area contributed by atoms with Crippen molar-refractivity contribution in [1.82, 2.24) is 5.32 Å². The van der Waals surface area contributed by atoms with Crippen molar-refractivity contribution in [2.75, 3.05) is 0 Å². The summed E-state index contributed by atoms with van der Waals surface area (Å²) in [7, 11) is 0. The van der Waals surface area contributed by atoms with Gasteiger partial charge >= 0.3 is 5.97 Å². The second kappa shape index (κ2) is 7.49. The molecular weight excluding hydrogens is 276 g/mol. The summed E-state index contributed by atoms with van der Waals surface area (Å²) in [5.41, 5.74) is 6.30. The molecule has 0 aliphatic rings. The number of hydrogen-bond acceptors (Lipinski definition) is 5. The third-order valence-electron chi connectivity index (χ3n) is 3.02. The zero-order valence-corrected chi connectivity index (χ0v) is 11.7. The number of carbonyl (C=O) groups is 2. The van der Waals surface area contributed by atoms with Gasteiger partial charge in [-0.15, -0.1) is 0 Å². The van der Waals surface area contributed by atoms with E-state index in [2.05, 4.69) is 5.32 Å². The minimum atomic E-state index is -1.10. The molecule has 0 saturated carbocycles. The van der Waals surface area contributed by atoms with E-state index in [4.69, 9.17) is 10.8 Å². The minimum absolute atomic E-state index is 0.123. The molecule has 0 radical (unpaired) electrons. The van der Waals surface area contributed by atoms with Crippen LogP contribution in [0.1, 0.15) is 25.3 Å². The van der Waals surface area contributed by atoms with Crippen LogP contribution >= 0.6 is 0 Å². The lowest BCUT2D eigenvalue weighted by Gasteiger charge is -2.17. The van der Waals surface area contributed by atoms with Gasteiger partial charge in [0.1, 0.15) is 6.04 Å². The van der Waals surface area contributed by atoms with E-state index in [1.807, 2.05) is 6.92 Å². The Morgan fingerprint density at radius 1 is 1.29 bits per heavy atom. The molecule has 0 heterocycles. The monoisotopic (exact) mass is 296 g/mol. The molecule has 0 spiro atoms. The molecule has 1 aromatic rings. The van der Waals surface area contributed by atoms with E-state index in [-0.39, 0.29) is 17.9 Å². The maximum atomic E-state index is 11.9. The second-order valence-electron chi connectivity index (χ2n) is 4.82. The number of carbonyl (C=O) groups excluding carboxylic acids is 1. The van der Waals surface area contributed by atoms with Gasteiger partial charge < -0.3 is 26.4 Å². The molecule has 1 rings (SSSR count). The molecule has 0 bridgehead atoms. The summed E-state index contributed by atoms with van der Waals surface area (Å²) < 4.78 is 0. The van der Waals surface area contributed by atoms with Crippen LogP contribution in [0.3, 0.4) is 0 Å². The molecule has 21 heavy (non-hydrogen) atoms. The maximum Gasteiger partial charge on any atom is 0.326 e. The summed E-state index contributed by atoms with van der Waals surface area (Å²) in [6, 6.07) is 2.24. The van der Waals surface area contributed by atoms with Crippen LogP contribution in [0.2, 0.25) is 0 Å². The summed E-state index contributed by atoms with van der Waals surface area (Å²) in [6.45, 7) is 1.82. The smallest absolute Gasteiger partial charge is 0.326 e. The number of aromatic hydroxyl groups is 2. The fourth-order valence-electron chi connectivity index (χ4n) is 1.87. The van der Waals surface area contributed by atoms with Gasteiger partial charge in [-0.3, -0.25) is 4.79 Å². The van der Waals surface area contributed by atoms with Gasteiger partial charge in [0.05, 0.1) is 6.04 Å². The van der Waals surface area contributed by atoms with Crippen LogP contribution in [0, 0.1) is 0 Å². The Morgan fingerprint density at radius 3 is 2.48 bits per heavy atom. The Hall–Kier alpha value is -2.28. The molecule has 1 aromatic carbocycles. The van der Waals surface area contributed by atoms with Gasteiger partial charge in [0.25, 0.3) is 0 Å². The van der Waals surface area contributed by atoms with E-state index in [1.54, 1.807) is 0 Å². The van der Waals surface area contributed by atoms with Gasteiger partial charge in [-0.1, -0.05) is 19.4 Å². The van der Waals surface area contributed by atoms with Crippen LogP contribution in [-0.2, 0) is 16.0 Å². The zero-order valence-electron chi connectivity index (χ0n) is 11.7. The van der Waals surface area contributed by atoms with Gasteiger partial charge in [-0.05, 0) is 30.5 Å². The molecule has 1 unspecified atom stereocenters. The Labute approximate surface area is 122 Å². The van der Waals surface area contributed by atoms with Crippen LogP contribution in [-0.4, -0.2) is 39.3 Å². The fraction of sp³-hybridized carbons (Fsp3) is 0.429. The molecule has 0 aliphatic carbocycles. The van der Waals surface area contributed by atoms with Crippen LogP contribution in [0.15, 0.2) is 18.2 Å². The third-order valence-corrected chi connectivity index (χ3v) is 3.02. The number of aliphatic carboxylic acids is 1. The zero-order chi connectivity index (χ0) is 16.0. The highest BCUT2D eigenvalue weighted by atomic mass is 16.4. The Kier molecular flexibility index (Phi) is 5.98. The summed E-state index contributed by atoms with van der Waals surface area (Å²) >= 11 is 0. The van der Waals surface area contributed by atoms with Crippen molar-refractivity contribution in [3.8, 4) is 11.5 Å². The maximum absolute atomic E-state index is 11.9. The molecule has 0 fully saturated rings. The van der Waals surface area contributed by atoms with Crippen LogP contribution < -0.4 is 11.1 Å². The second-order valence-corrected chi connectivity index (χ2v) is 4.82.